The Morgan fingerprint density at radius 2 is 1.79 bits per heavy atom. The minimum atomic E-state index is -0.152. The molecule has 0 saturated heterocycles. The van der Waals surface area contributed by atoms with Gasteiger partial charge >= 0.3 is 6.03 Å². The Morgan fingerprint density at radius 3 is 2.32 bits per heavy atom. The van der Waals surface area contributed by atoms with Crippen LogP contribution in [-0.2, 0) is 0 Å². The molecule has 19 heavy (non-hydrogen) atoms. The molecule has 4 heteroatoms. The maximum atomic E-state index is 11.6. The number of amides is 2. The number of hydrogen-bond acceptors (Lipinski definition) is 2. The molecule has 0 fully saturated rings. The van der Waals surface area contributed by atoms with Gasteiger partial charge in [-0.15, -0.1) is 0 Å². The van der Waals surface area contributed by atoms with Crippen molar-refractivity contribution in [3.8, 4) is 0 Å². The monoisotopic (exact) mass is 263 g/mol. The molecule has 106 valence electrons. The highest BCUT2D eigenvalue weighted by Crippen LogP contribution is 2.15. The van der Waals surface area contributed by atoms with Gasteiger partial charge in [-0.3, -0.25) is 0 Å². The van der Waals surface area contributed by atoms with Gasteiger partial charge < -0.3 is 16.0 Å². The lowest BCUT2D eigenvalue weighted by atomic mass is 10.1. The maximum Gasteiger partial charge on any atom is 0.319 e. The van der Waals surface area contributed by atoms with E-state index >= 15 is 0 Å². The Kier molecular flexibility index (Phi) is 6.36. The van der Waals surface area contributed by atoms with Gasteiger partial charge in [0.2, 0.25) is 0 Å². The Morgan fingerprint density at radius 1 is 1.16 bits per heavy atom. The predicted molar refractivity (Wildman–Crippen MR) is 80.4 cm³/mol. The largest absolute Gasteiger partial charge is 0.338 e. The number of carbonyl (C=O) groups excluding carboxylic acids is 1. The van der Waals surface area contributed by atoms with Crippen molar-refractivity contribution in [3.63, 3.8) is 0 Å². The minimum absolute atomic E-state index is 0.152. The summed E-state index contributed by atoms with van der Waals surface area (Å²) in [5.74, 6) is 0.453. The van der Waals surface area contributed by atoms with E-state index in [2.05, 4.69) is 43.6 Å². The quantitative estimate of drug-likeness (QED) is 0.738. The number of urea groups is 1. The van der Waals surface area contributed by atoms with Crippen LogP contribution in [0.25, 0.3) is 0 Å². The van der Waals surface area contributed by atoms with Crippen molar-refractivity contribution in [2.75, 3.05) is 18.4 Å². The second kappa shape index (κ2) is 7.79. The summed E-state index contributed by atoms with van der Waals surface area (Å²) < 4.78 is 0. The van der Waals surface area contributed by atoms with E-state index in [0.717, 1.165) is 12.2 Å². The van der Waals surface area contributed by atoms with Crippen molar-refractivity contribution in [2.24, 2.45) is 5.92 Å². The third-order valence-corrected chi connectivity index (χ3v) is 2.85. The molecule has 0 spiro atoms. The van der Waals surface area contributed by atoms with Crippen molar-refractivity contribution in [3.05, 3.63) is 29.8 Å². The van der Waals surface area contributed by atoms with E-state index in [4.69, 9.17) is 0 Å². The second-order valence-corrected chi connectivity index (χ2v) is 5.13. The first kappa shape index (κ1) is 15.5. The fraction of sp³-hybridized carbons (Fsp3) is 0.533. The van der Waals surface area contributed by atoms with Gasteiger partial charge in [0.1, 0.15) is 0 Å². The zero-order chi connectivity index (χ0) is 14.3. The fourth-order valence-corrected chi connectivity index (χ4v) is 1.75. The van der Waals surface area contributed by atoms with Crippen LogP contribution in [-0.4, -0.2) is 19.1 Å². The SMILES string of the molecule is CCNC(C)c1ccc(NC(=O)NCC(C)C)cc1. The molecule has 4 nitrogen and oxygen atoms in total. The molecule has 0 aliphatic heterocycles. The average Bonchev–Trinajstić information content (AvgIpc) is 2.37. The van der Waals surface area contributed by atoms with Crippen molar-refractivity contribution in [1.82, 2.24) is 10.6 Å². The van der Waals surface area contributed by atoms with Crippen LogP contribution in [0.1, 0.15) is 39.3 Å². The smallest absolute Gasteiger partial charge is 0.319 e. The van der Waals surface area contributed by atoms with Gasteiger partial charge in [-0.1, -0.05) is 32.9 Å². The summed E-state index contributed by atoms with van der Waals surface area (Å²) >= 11 is 0. The molecule has 1 unspecified atom stereocenters. The summed E-state index contributed by atoms with van der Waals surface area (Å²) in [5, 5.41) is 9.01. The first-order chi connectivity index (χ1) is 9.02. The normalized spacial score (nSPS) is 12.3. The number of nitrogens with one attached hydrogen (secondary N) is 3. The second-order valence-electron chi connectivity index (χ2n) is 5.13. The van der Waals surface area contributed by atoms with Gasteiger partial charge in [-0.25, -0.2) is 4.79 Å². The van der Waals surface area contributed by atoms with Gasteiger partial charge in [0, 0.05) is 18.3 Å². The summed E-state index contributed by atoms with van der Waals surface area (Å²) in [4.78, 5) is 11.6. The van der Waals surface area contributed by atoms with E-state index in [1.165, 1.54) is 5.56 Å². The molecule has 1 atom stereocenters. The molecular formula is C15H25N3O. The van der Waals surface area contributed by atoms with Crippen LogP contribution < -0.4 is 16.0 Å². The van der Waals surface area contributed by atoms with Gasteiger partial charge in [0.15, 0.2) is 0 Å². The zero-order valence-electron chi connectivity index (χ0n) is 12.3. The summed E-state index contributed by atoms with van der Waals surface area (Å²) in [6.45, 7) is 9.97. The van der Waals surface area contributed by atoms with Gasteiger partial charge in [0.25, 0.3) is 0 Å². The molecular weight excluding hydrogens is 238 g/mol. The third kappa shape index (κ3) is 5.75. The van der Waals surface area contributed by atoms with Crippen LogP contribution in [0.15, 0.2) is 24.3 Å². The average molecular weight is 263 g/mol. The zero-order valence-corrected chi connectivity index (χ0v) is 12.3. The van der Waals surface area contributed by atoms with Gasteiger partial charge in [0.05, 0.1) is 0 Å². The number of hydrogen-bond donors (Lipinski definition) is 3. The highest BCUT2D eigenvalue weighted by atomic mass is 16.2. The lowest BCUT2D eigenvalue weighted by Gasteiger charge is -2.14. The molecule has 1 rings (SSSR count). The lowest BCUT2D eigenvalue weighted by molar-refractivity contribution is 0.251. The first-order valence-corrected chi connectivity index (χ1v) is 6.91. The van der Waals surface area contributed by atoms with E-state index in [-0.39, 0.29) is 6.03 Å². The predicted octanol–water partition coefficient (Wildman–Crippen LogP) is 3.13. The van der Waals surface area contributed by atoms with Crippen molar-refractivity contribution < 1.29 is 4.79 Å². The van der Waals surface area contributed by atoms with E-state index in [9.17, 15) is 4.79 Å². The standard InChI is InChI=1S/C15H25N3O/c1-5-16-12(4)13-6-8-14(9-7-13)18-15(19)17-10-11(2)3/h6-9,11-12,16H,5,10H2,1-4H3,(H2,17,18,19). The summed E-state index contributed by atoms with van der Waals surface area (Å²) in [6, 6.07) is 8.10. The van der Waals surface area contributed by atoms with Gasteiger partial charge in [-0.2, -0.15) is 0 Å². The van der Waals surface area contributed by atoms with Crippen LogP contribution in [0, 0.1) is 5.92 Å². The topological polar surface area (TPSA) is 53.2 Å². The molecule has 1 aromatic rings. The molecule has 0 heterocycles. The Balaban J connectivity index is 2.50. The molecule has 0 saturated carbocycles. The fourth-order valence-electron chi connectivity index (χ4n) is 1.75. The van der Waals surface area contributed by atoms with Crippen LogP contribution in [0.5, 0.6) is 0 Å². The number of rotatable bonds is 6. The number of carbonyl (C=O) groups is 1. The Bertz CT molecular complexity index is 387. The highest BCUT2D eigenvalue weighted by Gasteiger charge is 2.05. The molecule has 0 radical (unpaired) electrons. The van der Waals surface area contributed by atoms with Crippen molar-refractivity contribution in [2.45, 2.75) is 33.7 Å². The highest BCUT2D eigenvalue weighted by molar-refractivity contribution is 5.89. The number of anilines is 1. The van der Waals surface area contributed by atoms with E-state index in [1.54, 1.807) is 0 Å². The van der Waals surface area contributed by atoms with Crippen LogP contribution in [0.4, 0.5) is 10.5 Å². The molecule has 2 amide bonds. The minimum Gasteiger partial charge on any atom is -0.338 e. The molecule has 0 aromatic heterocycles. The van der Waals surface area contributed by atoms with Gasteiger partial charge in [-0.05, 0) is 37.1 Å². The van der Waals surface area contributed by atoms with E-state index < -0.39 is 0 Å². The Hall–Kier alpha value is -1.55. The summed E-state index contributed by atoms with van der Waals surface area (Å²) in [6.07, 6.45) is 0. The van der Waals surface area contributed by atoms with Crippen LogP contribution in [0.3, 0.4) is 0 Å². The Labute approximate surface area is 116 Å². The van der Waals surface area contributed by atoms with E-state index in [1.807, 2.05) is 24.3 Å². The number of benzene rings is 1. The molecule has 3 N–H and O–H groups in total. The summed E-state index contributed by atoms with van der Waals surface area (Å²) in [5.41, 5.74) is 2.03. The van der Waals surface area contributed by atoms with Crippen LogP contribution in [0.2, 0.25) is 0 Å². The van der Waals surface area contributed by atoms with Crippen molar-refractivity contribution in [1.29, 1.82) is 0 Å². The van der Waals surface area contributed by atoms with Crippen molar-refractivity contribution >= 4 is 11.7 Å². The first-order valence-electron chi connectivity index (χ1n) is 6.91. The van der Waals surface area contributed by atoms with E-state index in [0.29, 0.717) is 18.5 Å². The maximum absolute atomic E-state index is 11.6. The summed E-state index contributed by atoms with van der Waals surface area (Å²) in [7, 11) is 0. The lowest BCUT2D eigenvalue weighted by Crippen LogP contribution is -2.31. The molecule has 0 aliphatic carbocycles. The third-order valence-electron chi connectivity index (χ3n) is 2.85. The molecule has 0 bridgehead atoms. The molecule has 1 aromatic carbocycles. The van der Waals surface area contributed by atoms with Crippen LogP contribution >= 0.6 is 0 Å². The molecule has 0 aliphatic rings.